The summed E-state index contributed by atoms with van der Waals surface area (Å²) < 4.78 is 1.88. The summed E-state index contributed by atoms with van der Waals surface area (Å²) in [5.41, 5.74) is 1.32. The Bertz CT molecular complexity index is 328. The van der Waals surface area contributed by atoms with Crippen LogP contribution >= 0.6 is 0 Å². The molecule has 0 saturated carbocycles. The normalized spacial score (nSPS) is 21.0. The summed E-state index contributed by atoms with van der Waals surface area (Å²) in [7, 11) is 1.98. The van der Waals surface area contributed by atoms with Gasteiger partial charge in [0.1, 0.15) is 0 Å². The molecule has 1 atom stereocenters. The van der Waals surface area contributed by atoms with E-state index in [2.05, 4.69) is 28.4 Å². The number of aryl methyl sites for hydroxylation is 1. The van der Waals surface area contributed by atoms with Crippen molar-refractivity contribution in [3.05, 3.63) is 18.0 Å². The molecule has 1 aliphatic heterocycles. The molecule has 1 aromatic heterocycles. The van der Waals surface area contributed by atoms with Crippen molar-refractivity contribution in [2.24, 2.45) is 13.0 Å². The highest BCUT2D eigenvalue weighted by Gasteiger charge is 2.16. The number of piperidine rings is 1. The van der Waals surface area contributed by atoms with Gasteiger partial charge in [-0.3, -0.25) is 9.58 Å². The predicted octanol–water partition coefficient (Wildman–Crippen LogP) is 1.24. The average molecular weight is 236 g/mol. The van der Waals surface area contributed by atoms with Crippen molar-refractivity contribution in [3.8, 4) is 0 Å². The number of rotatable bonds is 5. The SMILES string of the molecule is CCN(Cc1cnn(C)c1)CC1CCCNC1. The van der Waals surface area contributed by atoms with Gasteiger partial charge in [0.25, 0.3) is 0 Å². The topological polar surface area (TPSA) is 33.1 Å². The van der Waals surface area contributed by atoms with Crippen LogP contribution in [0.25, 0.3) is 0 Å². The largest absolute Gasteiger partial charge is 0.316 e. The molecule has 0 spiro atoms. The third-order valence-electron chi connectivity index (χ3n) is 3.53. The number of aromatic nitrogens is 2. The van der Waals surface area contributed by atoms with Gasteiger partial charge < -0.3 is 5.32 Å². The molecular formula is C13H24N4. The molecule has 1 aliphatic rings. The highest BCUT2D eigenvalue weighted by Crippen LogP contribution is 2.13. The molecule has 0 radical (unpaired) electrons. The van der Waals surface area contributed by atoms with E-state index in [1.807, 2.05) is 17.9 Å². The van der Waals surface area contributed by atoms with E-state index < -0.39 is 0 Å². The minimum absolute atomic E-state index is 0.820. The molecule has 2 heterocycles. The molecule has 2 rings (SSSR count). The predicted molar refractivity (Wildman–Crippen MR) is 69.8 cm³/mol. The summed E-state index contributed by atoms with van der Waals surface area (Å²) in [6.07, 6.45) is 6.79. The highest BCUT2D eigenvalue weighted by molar-refractivity contribution is 5.03. The van der Waals surface area contributed by atoms with Crippen LogP contribution in [-0.2, 0) is 13.6 Å². The van der Waals surface area contributed by atoms with E-state index in [0.717, 1.165) is 19.0 Å². The lowest BCUT2D eigenvalue weighted by Crippen LogP contribution is -2.38. The van der Waals surface area contributed by atoms with Gasteiger partial charge in [0.05, 0.1) is 6.20 Å². The summed E-state index contributed by atoms with van der Waals surface area (Å²) in [5, 5.41) is 7.72. The Morgan fingerprint density at radius 3 is 3.06 bits per heavy atom. The maximum absolute atomic E-state index is 4.23. The summed E-state index contributed by atoms with van der Waals surface area (Å²) in [6, 6.07) is 0. The summed E-state index contributed by atoms with van der Waals surface area (Å²) >= 11 is 0. The van der Waals surface area contributed by atoms with Gasteiger partial charge in [-0.05, 0) is 38.4 Å². The molecule has 0 bridgehead atoms. The zero-order valence-electron chi connectivity index (χ0n) is 11.0. The molecule has 4 heteroatoms. The van der Waals surface area contributed by atoms with Gasteiger partial charge in [-0.1, -0.05) is 6.92 Å². The summed E-state index contributed by atoms with van der Waals surface area (Å²) in [4.78, 5) is 2.52. The first-order chi connectivity index (χ1) is 8.28. The molecule has 1 N–H and O–H groups in total. The van der Waals surface area contributed by atoms with Gasteiger partial charge in [0.2, 0.25) is 0 Å². The van der Waals surface area contributed by atoms with Crippen molar-refractivity contribution in [1.29, 1.82) is 0 Å². The second-order valence-electron chi connectivity index (χ2n) is 5.06. The van der Waals surface area contributed by atoms with Crippen molar-refractivity contribution in [1.82, 2.24) is 20.0 Å². The Kier molecular flexibility index (Phi) is 4.57. The number of hydrogen-bond donors (Lipinski definition) is 1. The minimum atomic E-state index is 0.820. The van der Waals surface area contributed by atoms with E-state index >= 15 is 0 Å². The fourth-order valence-electron chi connectivity index (χ4n) is 2.56. The first-order valence-electron chi connectivity index (χ1n) is 6.68. The maximum atomic E-state index is 4.23. The Hall–Kier alpha value is -0.870. The zero-order valence-corrected chi connectivity index (χ0v) is 11.0. The average Bonchev–Trinajstić information content (AvgIpc) is 2.75. The summed E-state index contributed by atoms with van der Waals surface area (Å²) in [6.45, 7) is 7.98. The van der Waals surface area contributed by atoms with E-state index in [1.54, 1.807) is 0 Å². The summed E-state index contributed by atoms with van der Waals surface area (Å²) in [5.74, 6) is 0.820. The van der Waals surface area contributed by atoms with Crippen molar-refractivity contribution in [2.45, 2.75) is 26.3 Å². The molecular weight excluding hydrogens is 212 g/mol. The quantitative estimate of drug-likeness (QED) is 0.835. The lowest BCUT2D eigenvalue weighted by Gasteiger charge is -2.29. The smallest absolute Gasteiger partial charge is 0.0534 e. The molecule has 17 heavy (non-hydrogen) atoms. The Labute approximate surface area is 104 Å². The van der Waals surface area contributed by atoms with E-state index in [0.29, 0.717) is 0 Å². The Morgan fingerprint density at radius 2 is 2.47 bits per heavy atom. The Morgan fingerprint density at radius 1 is 1.59 bits per heavy atom. The third kappa shape index (κ3) is 3.82. The van der Waals surface area contributed by atoms with Gasteiger partial charge in [-0.15, -0.1) is 0 Å². The number of nitrogens with one attached hydrogen (secondary N) is 1. The van der Waals surface area contributed by atoms with Gasteiger partial charge in [0.15, 0.2) is 0 Å². The van der Waals surface area contributed by atoms with Crippen LogP contribution in [0.15, 0.2) is 12.4 Å². The lowest BCUT2D eigenvalue weighted by molar-refractivity contribution is 0.209. The van der Waals surface area contributed by atoms with Gasteiger partial charge in [0, 0.05) is 31.9 Å². The van der Waals surface area contributed by atoms with E-state index in [1.165, 1.54) is 38.0 Å². The first kappa shape index (κ1) is 12.6. The monoisotopic (exact) mass is 236 g/mol. The second-order valence-corrected chi connectivity index (χ2v) is 5.06. The molecule has 1 aromatic rings. The Balaban J connectivity index is 1.83. The molecule has 1 fully saturated rings. The molecule has 1 saturated heterocycles. The fourth-order valence-corrected chi connectivity index (χ4v) is 2.56. The molecule has 96 valence electrons. The number of hydrogen-bond acceptors (Lipinski definition) is 3. The third-order valence-corrected chi connectivity index (χ3v) is 3.53. The van der Waals surface area contributed by atoms with Crippen molar-refractivity contribution in [2.75, 3.05) is 26.2 Å². The first-order valence-corrected chi connectivity index (χ1v) is 6.68. The van der Waals surface area contributed by atoms with Crippen molar-refractivity contribution >= 4 is 0 Å². The van der Waals surface area contributed by atoms with Crippen LogP contribution in [0.4, 0.5) is 0 Å². The molecule has 0 aromatic carbocycles. The fraction of sp³-hybridized carbons (Fsp3) is 0.769. The maximum Gasteiger partial charge on any atom is 0.0534 e. The lowest BCUT2D eigenvalue weighted by atomic mass is 9.99. The standard InChI is InChI=1S/C13H24N4/c1-3-17(10-12-5-4-6-14-7-12)11-13-8-15-16(2)9-13/h8-9,12,14H,3-7,10-11H2,1-2H3. The van der Waals surface area contributed by atoms with Gasteiger partial charge in [-0.25, -0.2) is 0 Å². The number of nitrogens with zero attached hydrogens (tertiary/aromatic N) is 3. The van der Waals surface area contributed by atoms with Crippen LogP contribution < -0.4 is 5.32 Å². The van der Waals surface area contributed by atoms with E-state index in [9.17, 15) is 0 Å². The van der Waals surface area contributed by atoms with Gasteiger partial charge in [-0.2, -0.15) is 5.10 Å². The second kappa shape index (κ2) is 6.17. The van der Waals surface area contributed by atoms with Gasteiger partial charge >= 0.3 is 0 Å². The van der Waals surface area contributed by atoms with Crippen LogP contribution in [0.1, 0.15) is 25.3 Å². The van der Waals surface area contributed by atoms with E-state index in [4.69, 9.17) is 0 Å². The molecule has 0 amide bonds. The molecule has 1 unspecified atom stereocenters. The molecule has 0 aliphatic carbocycles. The minimum Gasteiger partial charge on any atom is -0.316 e. The van der Waals surface area contributed by atoms with Crippen molar-refractivity contribution < 1.29 is 0 Å². The van der Waals surface area contributed by atoms with E-state index in [-0.39, 0.29) is 0 Å². The zero-order chi connectivity index (χ0) is 12.1. The van der Waals surface area contributed by atoms with Crippen molar-refractivity contribution in [3.63, 3.8) is 0 Å². The van der Waals surface area contributed by atoms with Crippen LogP contribution in [0.2, 0.25) is 0 Å². The highest BCUT2D eigenvalue weighted by atomic mass is 15.2. The van der Waals surface area contributed by atoms with Crippen LogP contribution in [0.5, 0.6) is 0 Å². The molecule has 4 nitrogen and oxygen atoms in total. The van der Waals surface area contributed by atoms with Crippen LogP contribution in [-0.4, -0.2) is 40.9 Å². The van der Waals surface area contributed by atoms with Crippen LogP contribution in [0, 0.1) is 5.92 Å². The van der Waals surface area contributed by atoms with Crippen LogP contribution in [0.3, 0.4) is 0 Å².